The Kier molecular flexibility index (Phi) is 4.13. The van der Waals surface area contributed by atoms with Gasteiger partial charge in [-0.15, -0.1) is 0 Å². The molecule has 24 heavy (non-hydrogen) atoms. The molecule has 2 heterocycles. The third kappa shape index (κ3) is 2.91. The molecule has 1 aromatic carbocycles. The van der Waals surface area contributed by atoms with Crippen LogP contribution in [0.1, 0.15) is 28.5 Å². The van der Waals surface area contributed by atoms with Crippen molar-refractivity contribution in [2.75, 3.05) is 13.1 Å². The van der Waals surface area contributed by atoms with E-state index in [-0.39, 0.29) is 18.4 Å². The van der Waals surface area contributed by atoms with Gasteiger partial charge in [0.2, 0.25) is 0 Å². The Hall–Kier alpha value is -2.63. The van der Waals surface area contributed by atoms with E-state index < -0.39 is 11.9 Å². The van der Waals surface area contributed by atoms with Crippen molar-refractivity contribution in [3.8, 4) is 11.3 Å². The zero-order chi connectivity index (χ0) is 17.4. The smallest absolute Gasteiger partial charge is 0.308 e. The Morgan fingerprint density at radius 1 is 1.25 bits per heavy atom. The van der Waals surface area contributed by atoms with E-state index in [0.717, 1.165) is 16.8 Å². The van der Waals surface area contributed by atoms with E-state index in [1.54, 1.807) is 11.0 Å². The summed E-state index contributed by atoms with van der Waals surface area (Å²) >= 11 is 0. The maximum absolute atomic E-state index is 12.6. The fourth-order valence-corrected chi connectivity index (χ4v) is 3.29. The van der Waals surface area contributed by atoms with Gasteiger partial charge in [-0.25, -0.2) is 0 Å². The standard InChI is InChI=1S/C18H21N3O3/c1-10-4-5-13(11(2)6-10)15-7-16(20-19-15)17(22)21-8-12(3)14(9-21)18(23)24/h4-7,12,14H,8-9H2,1-3H3,(H,19,20)(H,23,24)/t12-,14-/m1/s1. The minimum Gasteiger partial charge on any atom is -0.481 e. The average molecular weight is 327 g/mol. The maximum Gasteiger partial charge on any atom is 0.308 e. The van der Waals surface area contributed by atoms with Gasteiger partial charge in [0.25, 0.3) is 5.91 Å². The van der Waals surface area contributed by atoms with Crippen LogP contribution in [0.25, 0.3) is 11.3 Å². The van der Waals surface area contributed by atoms with Gasteiger partial charge in [-0.05, 0) is 31.4 Å². The molecule has 1 aromatic heterocycles. The van der Waals surface area contributed by atoms with Crippen LogP contribution >= 0.6 is 0 Å². The summed E-state index contributed by atoms with van der Waals surface area (Å²) in [7, 11) is 0. The van der Waals surface area contributed by atoms with Crippen LogP contribution in [-0.4, -0.2) is 45.2 Å². The number of aromatic amines is 1. The summed E-state index contributed by atoms with van der Waals surface area (Å²) in [5.74, 6) is -1.60. The number of nitrogens with one attached hydrogen (secondary N) is 1. The third-order valence-electron chi connectivity index (χ3n) is 4.68. The van der Waals surface area contributed by atoms with Crippen molar-refractivity contribution >= 4 is 11.9 Å². The highest BCUT2D eigenvalue weighted by molar-refractivity contribution is 5.94. The number of amides is 1. The van der Waals surface area contributed by atoms with E-state index >= 15 is 0 Å². The monoisotopic (exact) mass is 327 g/mol. The van der Waals surface area contributed by atoms with Crippen LogP contribution < -0.4 is 0 Å². The number of carbonyl (C=O) groups is 2. The molecule has 0 radical (unpaired) electrons. The van der Waals surface area contributed by atoms with E-state index in [1.807, 2.05) is 32.9 Å². The second kappa shape index (κ2) is 6.11. The lowest BCUT2D eigenvalue weighted by molar-refractivity contribution is -0.142. The molecule has 126 valence electrons. The Bertz CT molecular complexity index is 797. The summed E-state index contributed by atoms with van der Waals surface area (Å²) in [6.07, 6.45) is 0. The number of carbonyl (C=O) groups excluding carboxylic acids is 1. The third-order valence-corrected chi connectivity index (χ3v) is 4.68. The largest absolute Gasteiger partial charge is 0.481 e. The number of hydrogen-bond acceptors (Lipinski definition) is 3. The SMILES string of the molecule is Cc1ccc(-c2cc(C(=O)N3C[C@@H](C)[C@H](C(=O)O)C3)[nH]n2)c(C)c1. The fraction of sp³-hybridized carbons (Fsp3) is 0.389. The maximum atomic E-state index is 12.6. The molecule has 6 heteroatoms. The molecule has 0 unspecified atom stereocenters. The van der Waals surface area contributed by atoms with Gasteiger partial charge in [-0.3, -0.25) is 14.7 Å². The van der Waals surface area contributed by atoms with Gasteiger partial charge >= 0.3 is 5.97 Å². The zero-order valence-electron chi connectivity index (χ0n) is 14.0. The molecular formula is C18H21N3O3. The van der Waals surface area contributed by atoms with Gasteiger partial charge in [-0.1, -0.05) is 30.7 Å². The predicted octanol–water partition coefficient (Wildman–Crippen LogP) is 2.49. The number of rotatable bonds is 3. The summed E-state index contributed by atoms with van der Waals surface area (Å²) in [5.41, 5.74) is 4.37. The van der Waals surface area contributed by atoms with Crippen LogP contribution in [0.5, 0.6) is 0 Å². The number of nitrogens with zero attached hydrogens (tertiary/aromatic N) is 2. The highest BCUT2D eigenvalue weighted by atomic mass is 16.4. The minimum atomic E-state index is -0.849. The Balaban J connectivity index is 1.81. The highest BCUT2D eigenvalue weighted by Crippen LogP contribution is 2.26. The molecule has 2 aromatic rings. The fourth-order valence-electron chi connectivity index (χ4n) is 3.29. The van der Waals surface area contributed by atoms with Gasteiger partial charge in [0, 0.05) is 18.7 Å². The summed E-state index contributed by atoms with van der Waals surface area (Å²) < 4.78 is 0. The number of aryl methyl sites for hydroxylation is 2. The number of likely N-dealkylation sites (tertiary alicyclic amines) is 1. The average Bonchev–Trinajstić information content (AvgIpc) is 3.13. The van der Waals surface area contributed by atoms with Gasteiger partial charge in [-0.2, -0.15) is 5.10 Å². The quantitative estimate of drug-likeness (QED) is 0.907. The number of hydrogen-bond donors (Lipinski definition) is 2. The lowest BCUT2D eigenvalue weighted by Gasteiger charge is -2.14. The normalized spacial score (nSPS) is 20.4. The summed E-state index contributed by atoms with van der Waals surface area (Å²) in [6, 6.07) is 7.81. The van der Waals surface area contributed by atoms with Crippen molar-refractivity contribution in [2.45, 2.75) is 20.8 Å². The molecule has 0 saturated carbocycles. The predicted molar refractivity (Wildman–Crippen MR) is 89.7 cm³/mol. The molecule has 3 rings (SSSR count). The van der Waals surface area contributed by atoms with Gasteiger partial charge < -0.3 is 10.0 Å². The van der Waals surface area contributed by atoms with Crippen LogP contribution in [0, 0.1) is 25.7 Å². The Labute approximate surface area is 140 Å². The van der Waals surface area contributed by atoms with E-state index in [1.165, 1.54) is 5.56 Å². The van der Waals surface area contributed by atoms with Crippen molar-refractivity contribution < 1.29 is 14.7 Å². The molecular weight excluding hydrogens is 306 g/mol. The first kappa shape index (κ1) is 16.2. The summed E-state index contributed by atoms with van der Waals surface area (Å²) in [6.45, 7) is 6.60. The molecule has 1 aliphatic rings. The van der Waals surface area contributed by atoms with Crippen molar-refractivity contribution in [1.29, 1.82) is 0 Å². The molecule has 0 aliphatic carbocycles. The molecule has 2 N–H and O–H groups in total. The van der Waals surface area contributed by atoms with Crippen molar-refractivity contribution in [2.24, 2.45) is 11.8 Å². The molecule has 0 bridgehead atoms. The summed E-state index contributed by atoms with van der Waals surface area (Å²) in [5, 5.41) is 16.2. The van der Waals surface area contributed by atoms with Gasteiger partial charge in [0.1, 0.15) is 5.69 Å². The Morgan fingerprint density at radius 2 is 2.00 bits per heavy atom. The first-order chi connectivity index (χ1) is 11.4. The van der Waals surface area contributed by atoms with Crippen LogP contribution in [0.4, 0.5) is 0 Å². The molecule has 1 saturated heterocycles. The van der Waals surface area contributed by atoms with Gasteiger partial charge in [0.05, 0.1) is 11.6 Å². The van der Waals surface area contributed by atoms with E-state index in [9.17, 15) is 14.7 Å². The van der Waals surface area contributed by atoms with E-state index in [4.69, 9.17) is 0 Å². The first-order valence-electron chi connectivity index (χ1n) is 8.02. The van der Waals surface area contributed by atoms with Crippen LogP contribution in [0.15, 0.2) is 24.3 Å². The van der Waals surface area contributed by atoms with Crippen molar-refractivity contribution in [1.82, 2.24) is 15.1 Å². The topological polar surface area (TPSA) is 86.3 Å². The molecule has 6 nitrogen and oxygen atoms in total. The van der Waals surface area contributed by atoms with Crippen LogP contribution in [-0.2, 0) is 4.79 Å². The lowest BCUT2D eigenvalue weighted by atomic mass is 9.99. The zero-order valence-corrected chi connectivity index (χ0v) is 14.0. The van der Waals surface area contributed by atoms with E-state index in [2.05, 4.69) is 16.3 Å². The molecule has 1 amide bonds. The number of aliphatic carboxylic acids is 1. The molecule has 2 atom stereocenters. The number of benzene rings is 1. The minimum absolute atomic E-state index is 0.0480. The number of aromatic nitrogens is 2. The Morgan fingerprint density at radius 3 is 2.62 bits per heavy atom. The van der Waals surface area contributed by atoms with Crippen molar-refractivity contribution in [3.05, 3.63) is 41.1 Å². The highest BCUT2D eigenvalue weighted by Gasteiger charge is 2.37. The number of carboxylic acids is 1. The molecule has 1 aliphatic heterocycles. The lowest BCUT2D eigenvalue weighted by Crippen LogP contribution is -2.30. The van der Waals surface area contributed by atoms with Crippen LogP contribution in [0.2, 0.25) is 0 Å². The second-order valence-electron chi connectivity index (χ2n) is 6.62. The number of H-pyrrole nitrogens is 1. The molecule has 0 spiro atoms. The molecule has 1 fully saturated rings. The van der Waals surface area contributed by atoms with E-state index in [0.29, 0.717) is 12.2 Å². The first-order valence-corrected chi connectivity index (χ1v) is 8.02. The number of carboxylic acid groups (broad SMARTS) is 1. The van der Waals surface area contributed by atoms with Crippen LogP contribution in [0.3, 0.4) is 0 Å². The second-order valence-corrected chi connectivity index (χ2v) is 6.62. The summed E-state index contributed by atoms with van der Waals surface area (Å²) in [4.78, 5) is 25.4. The van der Waals surface area contributed by atoms with Gasteiger partial charge in [0.15, 0.2) is 0 Å². The van der Waals surface area contributed by atoms with Crippen molar-refractivity contribution in [3.63, 3.8) is 0 Å².